The fourth-order valence-electron chi connectivity index (χ4n) is 4.43. The first-order chi connectivity index (χ1) is 13.7. The van der Waals surface area contributed by atoms with Gasteiger partial charge in [0.1, 0.15) is 0 Å². The second kappa shape index (κ2) is 15.6. The van der Waals surface area contributed by atoms with E-state index in [-0.39, 0.29) is 24.0 Å². The number of halogens is 1. The molecule has 2 fully saturated rings. The van der Waals surface area contributed by atoms with Crippen LogP contribution in [0.4, 0.5) is 0 Å². The summed E-state index contributed by atoms with van der Waals surface area (Å²) in [6, 6.07) is 0.580. The van der Waals surface area contributed by atoms with E-state index in [1.54, 1.807) is 7.11 Å². The number of likely N-dealkylation sites (tertiary alicyclic amines) is 2. The first kappa shape index (κ1) is 26.9. The predicted molar refractivity (Wildman–Crippen MR) is 132 cm³/mol. The van der Waals surface area contributed by atoms with Gasteiger partial charge in [0.05, 0.1) is 6.10 Å². The standard InChI is InChI=1S/C22H44N4O2.HI/c1-19(2)21(25-12-7-5-6-8-13-25)18-24-22(23-3)26-14-10-20(11-15-26)28-17-9-16-27-4;/h19-21H,5-18H2,1-4H3,(H,23,24);1H. The number of ether oxygens (including phenoxy) is 2. The van der Waals surface area contributed by atoms with Crippen LogP contribution in [-0.2, 0) is 9.47 Å². The number of piperidine rings is 1. The van der Waals surface area contributed by atoms with Gasteiger partial charge >= 0.3 is 0 Å². The molecule has 2 heterocycles. The van der Waals surface area contributed by atoms with Crippen molar-refractivity contribution in [2.45, 2.75) is 70.9 Å². The lowest BCUT2D eigenvalue weighted by Gasteiger charge is -2.37. The first-order valence-electron chi connectivity index (χ1n) is 11.5. The molecule has 6 nitrogen and oxygen atoms in total. The Balaban J connectivity index is 0.00000420. The maximum Gasteiger partial charge on any atom is 0.193 e. The topological polar surface area (TPSA) is 49.3 Å². The number of nitrogens with one attached hydrogen (secondary N) is 1. The maximum atomic E-state index is 5.99. The zero-order valence-electron chi connectivity index (χ0n) is 19.2. The monoisotopic (exact) mass is 524 g/mol. The molecule has 7 heteroatoms. The van der Waals surface area contributed by atoms with E-state index in [2.05, 4.69) is 34.0 Å². The van der Waals surface area contributed by atoms with Crippen molar-refractivity contribution in [1.29, 1.82) is 0 Å². The van der Waals surface area contributed by atoms with Crippen LogP contribution < -0.4 is 5.32 Å². The van der Waals surface area contributed by atoms with Crippen molar-refractivity contribution >= 4 is 29.9 Å². The van der Waals surface area contributed by atoms with Crippen molar-refractivity contribution in [3.8, 4) is 0 Å². The molecule has 1 N–H and O–H groups in total. The van der Waals surface area contributed by atoms with Crippen LogP contribution in [0.2, 0.25) is 0 Å². The van der Waals surface area contributed by atoms with Crippen LogP contribution >= 0.6 is 24.0 Å². The molecule has 0 radical (unpaired) electrons. The van der Waals surface area contributed by atoms with Gasteiger partial charge in [-0.05, 0) is 51.1 Å². The average molecular weight is 525 g/mol. The van der Waals surface area contributed by atoms with Crippen molar-refractivity contribution in [3.63, 3.8) is 0 Å². The summed E-state index contributed by atoms with van der Waals surface area (Å²) in [5, 5.41) is 3.69. The number of aliphatic imine (C=N–C) groups is 1. The highest BCUT2D eigenvalue weighted by Gasteiger charge is 2.25. The van der Waals surface area contributed by atoms with Crippen LogP contribution in [-0.4, -0.2) is 88.0 Å². The molecule has 0 bridgehead atoms. The Morgan fingerprint density at radius 3 is 2.24 bits per heavy atom. The Morgan fingerprint density at radius 2 is 1.69 bits per heavy atom. The average Bonchev–Trinajstić information content (AvgIpc) is 2.98. The van der Waals surface area contributed by atoms with E-state index in [4.69, 9.17) is 9.47 Å². The van der Waals surface area contributed by atoms with Gasteiger partial charge in [-0.15, -0.1) is 24.0 Å². The lowest BCUT2D eigenvalue weighted by Crippen LogP contribution is -2.52. The number of rotatable bonds is 9. The number of methoxy groups -OCH3 is 1. The van der Waals surface area contributed by atoms with Crippen LogP contribution in [0.5, 0.6) is 0 Å². The molecule has 0 aliphatic carbocycles. The molecule has 0 spiro atoms. The molecule has 2 rings (SSSR count). The normalized spacial score (nSPS) is 21.0. The lowest BCUT2D eigenvalue weighted by molar-refractivity contribution is 0.00983. The molecule has 1 atom stereocenters. The van der Waals surface area contributed by atoms with Gasteiger partial charge in [-0.2, -0.15) is 0 Å². The summed E-state index contributed by atoms with van der Waals surface area (Å²) in [6.45, 7) is 11.8. The fraction of sp³-hybridized carbons (Fsp3) is 0.955. The summed E-state index contributed by atoms with van der Waals surface area (Å²) in [6.07, 6.45) is 8.98. The summed E-state index contributed by atoms with van der Waals surface area (Å²) >= 11 is 0. The molecule has 2 aliphatic heterocycles. The number of guanidine groups is 1. The van der Waals surface area contributed by atoms with Gasteiger partial charge < -0.3 is 19.7 Å². The molecular formula is C22H45IN4O2. The Kier molecular flexibility index (Phi) is 14.5. The SMILES string of the molecule is CN=C(NCC(C(C)C)N1CCCCCC1)N1CCC(OCCCOC)CC1.I. The third-order valence-corrected chi connectivity index (χ3v) is 6.15. The second-order valence-corrected chi connectivity index (χ2v) is 8.59. The molecule has 0 amide bonds. The molecular weight excluding hydrogens is 479 g/mol. The summed E-state index contributed by atoms with van der Waals surface area (Å²) in [5.41, 5.74) is 0. The molecule has 2 saturated heterocycles. The fourth-order valence-corrected chi connectivity index (χ4v) is 4.43. The number of nitrogens with zero attached hydrogens (tertiary/aromatic N) is 3. The van der Waals surface area contributed by atoms with Crippen molar-refractivity contribution in [2.24, 2.45) is 10.9 Å². The maximum absolute atomic E-state index is 5.99. The minimum Gasteiger partial charge on any atom is -0.385 e. The van der Waals surface area contributed by atoms with Gasteiger partial charge in [0, 0.05) is 53.0 Å². The van der Waals surface area contributed by atoms with Crippen LogP contribution in [0.3, 0.4) is 0 Å². The largest absolute Gasteiger partial charge is 0.385 e. The van der Waals surface area contributed by atoms with E-state index in [0.29, 0.717) is 18.1 Å². The van der Waals surface area contributed by atoms with Crippen LogP contribution in [0.25, 0.3) is 0 Å². The Hall–Kier alpha value is -0.120. The lowest BCUT2D eigenvalue weighted by atomic mass is 10.0. The van der Waals surface area contributed by atoms with E-state index >= 15 is 0 Å². The second-order valence-electron chi connectivity index (χ2n) is 8.59. The van der Waals surface area contributed by atoms with Gasteiger partial charge in [0.25, 0.3) is 0 Å². The van der Waals surface area contributed by atoms with Crippen LogP contribution in [0.1, 0.15) is 58.8 Å². The van der Waals surface area contributed by atoms with Crippen LogP contribution in [0, 0.1) is 5.92 Å². The van der Waals surface area contributed by atoms with Gasteiger partial charge in [-0.3, -0.25) is 9.89 Å². The van der Waals surface area contributed by atoms with Gasteiger partial charge in [0.2, 0.25) is 0 Å². The molecule has 1 unspecified atom stereocenters. The summed E-state index contributed by atoms with van der Waals surface area (Å²) in [4.78, 5) is 9.68. The van der Waals surface area contributed by atoms with E-state index in [0.717, 1.165) is 58.1 Å². The van der Waals surface area contributed by atoms with Crippen molar-refractivity contribution in [1.82, 2.24) is 15.1 Å². The minimum absolute atomic E-state index is 0. The Labute approximate surface area is 196 Å². The van der Waals surface area contributed by atoms with E-state index in [1.807, 2.05) is 7.05 Å². The Bertz CT molecular complexity index is 435. The third kappa shape index (κ3) is 9.70. The smallest absolute Gasteiger partial charge is 0.193 e. The van der Waals surface area contributed by atoms with E-state index in [9.17, 15) is 0 Å². The zero-order valence-corrected chi connectivity index (χ0v) is 21.5. The van der Waals surface area contributed by atoms with Crippen molar-refractivity contribution in [3.05, 3.63) is 0 Å². The van der Waals surface area contributed by atoms with E-state index in [1.165, 1.54) is 38.8 Å². The highest BCUT2D eigenvalue weighted by Crippen LogP contribution is 2.18. The quantitative estimate of drug-likeness (QED) is 0.216. The van der Waals surface area contributed by atoms with Crippen LogP contribution in [0.15, 0.2) is 4.99 Å². The minimum atomic E-state index is 0. The van der Waals surface area contributed by atoms with Gasteiger partial charge in [-0.1, -0.05) is 26.7 Å². The van der Waals surface area contributed by atoms with Crippen molar-refractivity contribution in [2.75, 3.05) is 60.1 Å². The third-order valence-electron chi connectivity index (χ3n) is 6.15. The molecule has 172 valence electrons. The molecule has 29 heavy (non-hydrogen) atoms. The van der Waals surface area contributed by atoms with Crippen molar-refractivity contribution < 1.29 is 9.47 Å². The summed E-state index contributed by atoms with van der Waals surface area (Å²) in [5.74, 6) is 1.70. The highest BCUT2D eigenvalue weighted by molar-refractivity contribution is 14.0. The molecule has 0 aromatic heterocycles. The predicted octanol–water partition coefficient (Wildman–Crippen LogP) is 3.60. The molecule has 2 aliphatic rings. The summed E-state index contributed by atoms with van der Waals surface area (Å²) < 4.78 is 11.1. The molecule has 0 saturated carbocycles. The molecule has 0 aromatic rings. The Morgan fingerprint density at radius 1 is 1.03 bits per heavy atom. The van der Waals surface area contributed by atoms with Gasteiger partial charge in [-0.25, -0.2) is 0 Å². The number of hydrogen-bond donors (Lipinski definition) is 1. The van der Waals surface area contributed by atoms with Gasteiger partial charge in [0.15, 0.2) is 5.96 Å². The number of hydrogen-bond acceptors (Lipinski definition) is 4. The molecule has 0 aromatic carbocycles. The van der Waals surface area contributed by atoms with E-state index < -0.39 is 0 Å². The highest BCUT2D eigenvalue weighted by atomic mass is 127. The first-order valence-corrected chi connectivity index (χ1v) is 11.5. The summed E-state index contributed by atoms with van der Waals surface area (Å²) in [7, 11) is 3.65. The zero-order chi connectivity index (χ0) is 20.2.